The molecule has 0 spiro atoms. The van der Waals surface area contributed by atoms with E-state index in [0.717, 1.165) is 43.9 Å². The van der Waals surface area contributed by atoms with E-state index in [1.165, 1.54) is 5.56 Å². The molecule has 1 fully saturated rings. The minimum atomic E-state index is -0.0943. The average molecular weight is 261 g/mol. The highest BCUT2D eigenvalue weighted by Gasteiger charge is 2.37. The molecule has 5 heteroatoms. The van der Waals surface area contributed by atoms with Crippen molar-refractivity contribution in [3.8, 4) is 0 Å². The van der Waals surface area contributed by atoms with E-state index in [-0.39, 0.29) is 18.1 Å². The van der Waals surface area contributed by atoms with E-state index in [0.29, 0.717) is 0 Å². The molecule has 0 radical (unpaired) electrons. The molecule has 3 heterocycles. The lowest BCUT2D eigenvalue weighted by Gasteiger charge is -2.30. The lowest BCUT2D eigenvalue weighted by molar-refractivity contribution is -0.145. The first-order valence-corrected chi connectivity index (χ1v) is 6.95. The quantitative estimate of drug-likeness (QED) is 0.746. The summed E-state index contributed by atoms with van der Waals surface area (Å²) in [6, 6.07) is -0.0943. The number of hydrogen-bond acceptors (Lipinski definition) is 5. The van der Waals surface area contributed by atoms with E-state index in [2.05, 4.69) is 21.8 Å². The van der Waals surface area contributed by atoms with Crippen molar-refractivity contribution in [2.45, 2.75) is 51.8 Å². The van der Waals surface area contributed by atoms with E-state index >= 15 is 0 Å². The van der Waals surface area contributed by atoms with Crippen molar-refractivity contribution in [3.05, 3.63) is 23.3 Å². The van der Waals surface area contributed by atoms with E-state index < -0.39 is 0 Å². The molecule has 1 aromatic heterocycles. The summed E-state index contributed by atoms with van der Waals surface area (Å²) < 4.78 is 5.25. The first-order chi connectivity index (χ1) is 9.17. The fraction of sp³-hybridized carbons (Fsp3) is 0.643. The van der Waals surface area contributed by atoms with Gasteiger partial charge < -0.3 is 4.74 Å². The van der Waals surface area contributed by atoms with Gasteiger partial charge in [0.2, 0.25) is 0 Å². The molecule has 0 bridgehead atoms. The van der Waals surface area contributed by atoms with Gasteiger partial charge in [0.25, 0.3) is 0 Å². The zero-order chi connectivity index (χ0) is 13.4. The summed E-state index contributed by atoms with van der Waals surface area (Å²) in [4.78, 5) is 22.9. The van der Waals surface area contributed by atoms with Crippen LogP contribution < -0.4 is 0 Å². The van der Waals surface area contributed by atoms with Crippen molar-refractivity contribution in [1.29, 1.82) is 0 Å². The van der Waals surface area contributed by atoms with Gasteiger partial charge in [-0.1, -0.05) is 6.92 Å². The zero-order valence-electron chi connectivity index (χ0n) is 11.4. The number of hydrogen-bond donors (Lipinski definition) is 0. The fourth-order valence-electron chi connectivity index (χ4n) is 2.83. The Bertz CT molecular complexity index is 503. The van der Waals surface area contributed by atoms with Crippen LogP contribution in [0.2, 0.25) is 0 Å². The van der Waals surface area contributed by atoms with Gasteiger partial charge in [0.15, 0.2) is 0 Å². The van der Waals surface area contributed by atoms with E-state index in [1.54, 1.807) is 0 Å². The SMILES string of the molecule is CCc1ncc2c(n1)CN([C@H]1C[C@H](C)OC1=O)CC2. The molecular formula is C14H19N3O2. The number of ether oxygens (including phenoxy) is 1. The molecule has 102 valence electrons. The van der Waals surface area contributed by atoms with Crippen LogP contribution >= 0.6 is 0 Å². The number of esters is 1. The van der Waals surface area contributed by atoms with Crippen LogP contribution in [-0.2, 0) is 28.9 Å². The smallest absolute Gasteiger partial charge is 0.323 e. The summed E-state index contributed by atoms with van der Waals surface area (Å²) in [7, 11) is 0. The molecule has 19 heavy (non-hydrogen) atoms. The first-order valence-electron chi connectivity index (χ1n) is 6.95. The third kappa shape index (κ3) is 2.34. The highest BCUT2D eigenvalue weighted by atomic mass is 16.6. The Hall–Kier alpha value is -1.49. The Kier molecular flexibility index (Phi) is 3.22. The molecule has 5 nitrogen and oxygen atoms in total. The van der Waals surface area contributed by atoms with Crippen LogP contribution in [0.1, 0.15) is 37.4 Å². The van der Waals surface area contributed by atoms with Gasteiger partial charge in [-0.15, -0.1) is 0 Å². The van der Waals surface area contributed by atoms with Crippen molar-refractivity contribution in [2.24, 2.45) is 0 Å². The normalized spacial score (nSPS) is 27.2. The van der Waals surface area contributed by atoms with Gasteiger partial charge in [0.1, 0.15) is 18.0 Å². The maximum atomic E-state index is 11.8. The second kappa shape index (κ2) is 4.89. The Morgan fingerprint density at radius 2 is 2.37 bits per heavy atom. The van der Waals surface area contributed by atoms with Crippen LogP contribution in [0.25, 0.3) is 0 Å². The van der Waals surface area contributed by atoms with Crippen LogP contribution in [0.15, 0.2) is 6.20 Å². The Morgan fingerprint density at radius 3 is 3.05 bits per heavy atom. The summed E-state index contributed by atoms with van der Waals surface area (Å²) >= 11 is 0. The van der Waals surface area contributed by atoms with Crippen molar-refractivity contribution < 1.29 is 9.53 Å². The standard InChI is InChI=1S/C14H19N3O2/c1-3-13-15-7-10-4-5-17(8-11(10)16-13)12-6-9(2)19-14(12)18/h7,9,12H,3-6,8H2,1-2H3/t9-,12-/m0/s1. The zero-order valence-corrected chi connectivity index (χ0v) is 11.4. The largest absolute Gasteiger partial charge is 0.461 e. The van der Waals surface area contributed by atoms with Gasteiger partial charge in [-0.2, -0.15) is 0 Å². The predicted octanol–water partition coefficient (Wildman–Crippen LogP) is 1.10. The Labute approximate surface area is 113 Å². The predicted molar refractivity (Wildman–Crippen MR) is 69.5 cm³/mol. The minimum Gasteiger partial charge on any atom is -0.461 e. The van der Waals surface area contributed by atoms with Crippen molar-refractivity contribution in [1.82, 2.24) is 14.9 Å². The summed E-state index contributed by atoms with van der Waals surface area (Å²) in [5.74, 6) is 0.795. The molecule has 0 aromatic carbocycles. The van der Waals surface area contributed by atoms with Crippen LogP contribution in [0.4, 0.5) is 0 Å². The summed E-state index contributed by atoms with van der Waals surface area (Å²) in [6.07, 6.45) is 4.52. The number of rotatable bonds is 2. The number of carbonyl (C=O) groups excluding carboxylic acids is 1. The van der Waals surface area contributed by atoms with E-state index in [9.17, 15) is 4.79 Å². The molecule has 1 aromatic rings. The highest BCUT2D eigenvalue weighted by molar-refractivity contribution is 5.78. The van der Waals surface area contributed by atoms with Gasteiger partial charge in [-0.3, -0.25) is 9.69 Å². The van der Waals surface area contributed by atoms with Crippen molar-refractivity contribution in [3.63, 3.8) is 0 Å². The van der Waals surface area contributed by atoms with Gasteiger partial charge in [-0.25, -0.2) is 9.97 Å². The molecule has 0 aliphatic carbocycles. The van der Waals surface area contributed by atoms with Crippen molar-refractivity contribution in [2.75, 3.05) is 6.54 Å². The van der Waals surface area contributed by atoms with Gasteiger partial charge >= 0.3 is 5.97 Å². The fourth-order valence-corrected chi connectivity index (χ4v) is 2.83. The molecule has 1 saturated heterocycles. The molecule has 0 amide bonds. The maximum absolute atomic E-state index is 11.8. The molecule has 0 saturated carbocycles. The van der Waals surface area contributed by atoms with Crippen LogP contribution in [-0.4, -0.2) is 39.5 Å². The Balaban J connectivity index is 1.79. The second-order valence-corrected chi connectivity index (χ2v) is 5.33. The van der Waals surface area contributed by atoms with Gasteiger partial charge in [0.05, 0.1) is 5.69 Å². The van der Waals surface area contributed by atoms with Gasteiger partial charge in [0, 0.05) is 32.1 Å². The topological polar surface area (TPSA) is 55.3 Å². The number of cyclic esters (lactones) is 1. The number of carbonyl (C=O) groups is 1. The minimum absolute atomic E-state index is 0.0375. The lowest BCUT2D eigenvalue weighted by Crippen LogP contribution is -2.42. The number of nitrogens with zero attached hydrogens (tertiary/aromatic N) is 3. The maximum Gasteiger partial charge on any atom is 0.323 e. The number of aromatic nitrogens is 2. The molecular weight excluding hydrogens is 242 g/mol. The molecule has 3 rings (SSSR count). The Morgan fingerprint density at radius 1 is 1.53 bits per heavy atom. The van der Waals surface area contributed by atoms with Crippen LogP contribution in [0.3, 0.4) is 0 Å². The summed E-state index contributed by atoms with van der Waals surface area (Å²) in [6.45, 7) is 5.62. The highest BCUT2D eigenvalue weighted by Crippen LogP contribution is 2.25. The third-order valence-electron chi connectivity index (χ3n) is 3.93. The van der Waals surface area contributed by atoms with Crippen LogP contribution in [0.5, 0.6) is 0 Å². The molecule has 2 atom stereocenters. The monoisotopic (exact) mass is 261 g/mol. The van der Waals surface area contributed by atoms with Crippen LogP contribution in [0, 0.1) is 0 Å². The number of aryl methyl sites for hydroxylation is 1. The second-order valence-electron chi connectivity index (χ2n) is 5.33. The molecule has 2 aliphatic rings. The average Bonchev–Trinajstić information content (AvgIpc) is 2.76. The molecule has 0 N–H and O–H groups in total. The molecule has 0 unspecified atom stereocenters. The molecule has 2 aliphatic heterocycles. The van der Waals surface area contributed by atoms with E-state index in [4.69, 9.17) is 4.74 Å². The summed E-state index contributed by atoms with van der Waals surface area (Å²) in [5, 5.41) is 0. The van der Waals surface area contributed by atoms with Crippen molar-refractivity contribution >= 4 is 5.97 Å². The lowest BCUT2D eigenvalue weighted by atomic mass is 10.0. The first kappa shape index (κ1) is 12.5. The van der Waals surface area contributed by atoms with Gasteiger partial charge in [-0.05, 0) is 18.9 Å². The summed E-state index contributed by atoms with van der Waals surface area (Å²) in [5.41, 5.74) is 2.29. The third-order valence-corrected chi connectivity index (χ3v) is 3.93. The van der Waals surface area contributed by atoms with E-state index in [1.807, 2.05) is 13.1 Å². The number of fused-ring (bicyclic) bond motifs is 1.